The van der Waals surface area contributed by atoms with Crippen molar-refractivity contribution in [3.8, 4) is 0 Å². The third-order valence-electron chi connectivity index (χ3n) is 3.10. The number of likely N-dealkylation sites (N-methyl/N-ethyl adjacent to an activating group) is 1. The number of ether oxygens (including phenoxy) is 3. The van der Waals surface area contributed by atoms with E-state index in [-0.39, 0.29) is 12.4 Å². The van der Waals surface area contributed by atoms with Gasteiger partial charge in [0.2, 0.25) is 6.29 Å². The van der Waals surface area contributed by atoms with Gasteiger partial charge in [-0.1, -0.05) is 6.42 Å². The van der Waals surface area contributed by atoms with Gasteiger partial charge in [0, 0.05) is 27.5 Å². The molecule has 1 rings (SSSR count). The number of nitrogens with zero attached hydrogens (tertiary/aromatic N) is 1. The van der Waals surface area contributed by atoms with E-state index >= 15 is 0 Å². The first kappa shape index (κ1) is 16.4. The van der Waals surface area contributed by atoms with Crippen molar-refractivity contribution >= 4 is 17.8 Å². The van der Waals surface area contributed by atoms with E-state index < -0.39 is 24.4 Å². The van der Waals surface area contributed by atoms with E-state index in [9.17, 15) is 14.4 Å². The first-order valence-electron chi connectivity index (χ1n) is 6.60. The van der Waals surface area contributed by atoms with Gasteiger partial charge >= 0.3 is 12.1 Å². The summed E-state index contributed by atoms with van der Waals surface area (Å²) in [6.45, 7) is 1.22. The van der Waals surface area contributed by atoms with Crippen molar-refractivity contribution in [3.05, 3.63) is 0 Å². The summed E-state index contributed by atoms with van der Waals surface area (Å²) in [6.07, 6.45) is 1.20. The molecule has 0 radical (unpaired) electrons. The Balaban J connectivity index is 2.44. The van der Waals surface area contributed by atoms with Crippen LogP contribution in [0.2, 0.25) is 0 Å². The minimum absolute atomic E-state index is 0.0414. The second kappa shape index (κ2) is 7.84. The largest absolute Gasteiger partial charge is 0.424 e. The zero-order chi connectivity index (χ0) is 15.1. The smallest absolute Gasteiger partial charge is 0.413 e. The second-order valence-electron chi connectivity index (χ2n) is 4.71. The Hall–Kier alpha value is -1.63. The summed E-state index contributed by atoms with van der Waals surface area (Å²) < 4.78 is 14.4. The van der Waals surface area contributed by atoms with Gasteiger partial charge in [0.15, 0.2) is 5.78 Å². The van der Waals surface area contributed by atoms with Gasteiger partial charge in [0.25, 0.3) is 0 Å². The minimum atomic E-state index is -1.02. The second-order valence-corrected chi connectivity index (χ2v) is 4.71. The molecule has 0 saturated heterocycles. The van der Waals surface area contributed by atoms with Crippen LogP contribution in [0.1, 0.15) is 32.6 Å². The predicted octanol–water partition coefficient (Wildman–Crippen LogP) is 1.10. The van der Waals surface area contributed by atoms with Crippen LogP contribution in [-0.2, 0) is 23.8 Å². The highest BCUT2D eigenvalue weighted by atomic mass is 16.7. The molecular formula is C13H21NO6. The van der Waals surface area contributed by atoms with E-state index in [1.54, 1.807) is 0 Å². The van der Waals surface area contributed by atoms with Crippen molar-refractivity contribution in [1.29, 1.82) is 0 Å². The Labute approximate surface area is 118 Å². The summed E-state index contributed by atoms with van der Waals surface area (Å²) in [5.41, 5.74) is 0. The van der Waals surface area contributed by atoms with E-state index in [0.717, 1.165) is 12.8 Å². The highest BCUT2D eigenvalue weighted by Gasteiger charge is 2.30. The summed E-state index contributed by atoms with van der Waals surface area (Å²) in [4.78, 5) is 36.0. The van der Waals surface area contributed by atoms with Crippen molar-refractivity contribution in [1.82, 2.24) is 4.90 Å². The standard InChI is InChI=1S/C13H21NO6/c1-9(19-12(16)8-18-3)20-13(17)14(2)10-6-4-5-7-11(10)15/h9-10H,4-8H2,1-3H3. The molecule has 0 aromatic rings. The first-order chi connectivity index (χ1) is 9.45. The summed E-state index contributed by atoms with van der Waals surface area (Å²) in [5, 5.41) is 0. The molecule has 1 aliphatic carbocycles. The van der Waals surface area contributed by atoms with Crippen LogP contribution >= 0.6 is 0 Å². The van der Waals surface area contributed by atoms with Crippen LogP contribution < -0.4 is 0 Å². The highest BCUT2D eigenvalue weighted by molar-refractivity contribution is 5.87. The topological polar surface area (TPSA) is 82.1 Å². The molecule has 0 aromatic carbocycles. The summed E-state index contributed by atoms with van der Waals surface area (Å²) in [5.74, 6) is -0.580. The van der Waals surface area contributed by atoms with Crippen LogP contribution in [0.4, 0.5) is 4.79 Å². The molecule has 0 aliphatic heterocycles. The lowest BCUT2D eigenvalue weighted by Gasteiger charge is -2.29. The fourth-order valence-corrected chi connectivity index (χ4v) is 2.09. The summed E-state index contributed by atoms with van der Waals surface area (Å²) in [6, 6.07) is -0.446. The van der Waals surface area contributed by atoms with Crippen molar-refractivity contribution in [3.63, 3.8) is 0 Å². The SMILES string of the molecule is COCC(=O)OC(C)OC(=O)N(C)C1CCCCC1=O. The van der Waals surface area contributed by atoms with Crippen molar-refractivity contribution < 1.29 is 28.6 Å². The quantitative estimate of drug-likeness (QED) is 0.556. The Kier molecular flexibility index (Phi) is 6.44. The van der Waals surface area contributed by atoms with Crippen LogP contribution in [0.15, 0.2) is 0 Å². The van der Waals surface area contributed by atoms with Gasteiger partial charge in [-0.25, -0.2) is 9.59 Å². The first-order valence-corrected chi connectivity index (χ1v) is 6.60. The number of hydrogen-bond acceptors (Lipinski definition) is 6. The number of Topliss-reactive ketones (excluding diaryl/α,β-unsaturated/α-hetero) is 1. The van der Waals surface area contributed by atoms with E-state index in [1.165, 1.54) is 26.0 Å². The molecule has 1 saturated carbocycles. The maximum Gasteiger partial charge on any atom is 0.413 e. The van der Waals surface area contributed by atoms with Gasteiger partial charge in [0.05, 0.1) is 6.04 Å². The Morgan fingerprint density at radius 1 is 1.35 bits per heavy atom. The van der Waals surface area contributed by atoms with Crippen molar-refractivity contribution in [2.24, 2.45) is 0 Å². The third-order valence-corrected chi connectivity index (χ3v) is 3.10. The molecule has 0 N–H and O–H groups in total. The van der Waals surface area contributed by atoms with Gasteiger partial charge in [-0.05, 0) is 12.8 Å². The molecule has 2 unspecified atom stereocenters. The normalized spacial score (nSPS) is 20.1. The number of esters is 1. The van der Waals surface area contributed by atoms with Gasteiger partial charge < -0.3 is 19.1 Å². The lowest BCUT2D eigenvalue weighted by molar-refractivity contribution is -0.170. The Bertz CT molecular complexity index is 370. The average molecular weight is 287 g/mol. The Morgan fingerprint density at radius 2 is 2.05 bits per heavy atom. The lowest BCUT2D eigenvalue weighted by atomic mass is 9.93. The molecule has 0 spiro atoms. The highest BCUT2D eigenvalue weighted by Crippen LogP contribution is 2.19. The number of carbonyl (C=O) groups is 3. The lowest BCUT2D eigenvalue weighted by Crippen LogP contribution is -2.45. The Morgan fingerprint density at radius 3 is 2.65 bits per heavy atom. The van der Waals surface area contributed by atoms with Gasteiger partial charge in [-0.15, -0.1) is 0 Å². The summed E-state index contributed by atoms with van der Waals surface area (Å²) in [7, 11) is 2.88. The molecule has 0 bridgehead atoms. The molecule has 7 heteroatoms. The third kappa shape index (κ3) is 4.80. The van der Waals surface area contributed by atoms with E-state index in [1.807, 2.05) is 0 Å². The van der Waals surface area contributed by atoms with E-state index in [4.69, 9.17) is 9.47 Å². The maximum atomic E-state index is 11.9. The van der Waals surface area contributed by atoms with Gasteiger partial charge in [-0.3, -0.25) is 4.79 Å². The van der Waals surface area contributed by atoms with Crippen LogP contribution in [0.3, 0.4) is 0 Å². The monoisotopic (exact) mass is 287 g/mol. The number of rotatable bonds is 5. The molecule has 1 amide bonds. The van der Waals surface area contributed by atoms with Gasteiger partial charge in [-0.2, -0.15) is 0 Å². The fraction of sp³-hybridized carbons (Fsp3) is 0.769. The molecule has 1 fully saturated rings. The molecule has 1 aliphatic rings. The molecule has 2 atom stereocenters. The molecule has 0 heterocycles. The fourth-order valence-electron chi connectivity index (χ4n) is 2.09. The maximum absolute atomic E-state index is 11.9. The van der Waals surface area contributed by atoms with Crippen LogP contribution in [0.5, 0.6) is 0 Å². The number of carbonyl (C=O) groups excluding carboxylic acids is 3. The van der Waals surface area contributed by atoms with Crippen molar-refractivity contribution in [2.75, 3.05) is 20.8 Å². The number of methoxy groups -OCH3 is 1. The number of amides is 1. The van der Waals surface area contributed by atoms with E-state index in [2.05, 4.69) is 4.74 Å². The molecule has 114 valence electrons. The van der Waals surface area contributed by atoms with Gasteiger partial charge in [0.1, 0.15) is 6.61 Å². The average Bonchev–Trinajstić information content (AvgIpc) is 2.38. The molecular weight excluding hydrogens is 266 g/mol. The zero-order valence-corrected chi connectivity index (χ0v) is 12.1. The number of ketones is 1. The number of hydrogen-bond donors (Lipinski definition) is 0. The van der Waals surface area contributed by atoms with Crippen LogP contribution in [0.25, 0.3) is 0 Å². The molecule has 20 heavy (non-hydrogen) atoms. The molecule has 0 aromatic heterocycles. The van der Waals surface area contributed by atoms with Crippen LogP contribution in [-0.4, -0.2) is 55.8 Å². The summed E-state index contributed by atoms with van der Waals surface area (Å²) >= 11 is 0. The molecule has 7 nitrogen and oxygen atoms in total. The minimum Gasteiger partial charge on any atom is -0.424 e. The zero-order valence-electron chi connectivity index (χ0n) is 12.1. The van der Waals surface area contributed by atoms with Crippen molar-refractivity contribution in [2.45, 2.75) is 44.9 Å². The van der Waals surface area contributed by atoms with E-state index in [0.29, 0.717) is 12.8 Å². The predicted molar refractivity (Wildman–Crippen MR) is 68.9 cm³/mol. The van der Waals surface area contributed by atoms with Crippen LogP contribution in [0, 0.1) is 0 Å².